The van der Waals surface area contributed by atoms with Crippen molar-refractivity contribution >= 4 is 5.91 Å². The van der Waals surface area contributed by atoms with Crippen LogP contribution in [0.4, 0.5) is 0 Å². The second-order valence-corrected chi connectivity index (χ2v) is 4.26. The van der Waals surface area contributed by atoms with Crippen molar-refractivity contribution in [2.75, 3.05) is 6.54 Å². The fraction of sp³-hybridized carbons (Fsp3) is 0.750. The Morgan fingerprint density at radius 2 is 2.40 bits per heavy atom. The van der Waals surface area contributed by atoms with Crippen LogP contribution in [0.25, 0.3) is 0 Å². The van der Waals surface area contributed by atoms with E-state index in [0.717, 1.165) is 32.1 Å². The maximum absolute atomic E-state index is 11.6. The lowest BCUT2D eigenvalue weighted by Gasteiger charge is -2.17. The van der Waals surface area contributed by atoms with Gasteiger partial charge in [0.1, 0.15) is 0 Å². The summed E-state index contributed by atoms with van der Waals surface area (Å²) in [6.07, 6.45) is 8.43. The zero-order valence-corrected chi connectivity index (χ0v) is 9.41. The van der Waals surface area contributed by atoms with Gasteiger partial charge in [-0.2, -0.15) is 0 Å². The average Bonchev–Trinajstić information content (AvgIpc) is 2.25. The Hall–Kier alpha value is -0.830. The summed E-state index contributed by atoms with van der Waals surface area (Å²) in [6.45, 7) is 2.46. The minimum Gasteiger partial charge on any atom is -0.393 e. The second kappa shape index (κ2) is 6.62. The van der Waals surface area contributed by atoms with Crippen LogP contribution in [-0.4, -0.2) is 23.7 Å². The molecule has 0 aromatic carbocycles. The van der Waals surface area contributed by atoms with E-state index < -0.39 is 0 Å². The molecular formula is C12H21NO2. The Labute approximate surface area is 91.6 Å². The van der Waals surface area contributed by atoms with Crippen LogP contribution in [0.5, 0.6) is 0 Å². The molecule has 1 aliphatic carbocycles. The number of aliphatic hydroxyl groups excluding tert-OH is 1. The van der Waals surface area contributed by atoms with Crippen molar-refractivity contribution in [3.8, 4) is 0 Å². The smallest absolute Gasteiger partial charge is 0.223 e. The molecule has 3 heteroatoms. The summed E-state index contributed by atoms with van der Waals surface area (Å²) in [4.78, 5) is 11.6. The summed E-state index contributed by atoms with van der Waals surface area (Å²) < 4.78 is 0. The van der Waals surface area contributed by atoms with E-state index in [1.807, 2.05) is 0 Å². The maximum atomic E-state index is 11.6. The van der Waals surface area contributed by atoms with Gasteiger partial charge in [-0.15, -0.1) is 0 Å². The third-order valence-corrected chi connectivity index (χ3v) is 2.74. The molecule has 3 nitrogen and oxygen atoms in total. The third-order valence-electron chi connectivity index (χ3n) is 2.74. The van der Waals surface area contributed by atoms with E-state index in [1.54, 1.807) is 6.92 Å². The number of hydrogen-bond acceptors (Lipinski definition) is 2. The highest BCUT2D eigenvalue weighted by Crippen LogP contribution is 2.17. The predicted octanol–water partition coefficient (Wildman–Crippen LogP) is 1.62. The lowest BCUT2D eigenvalue weighted by molar-refractivity contribution is -0.125. The molecule has 0 bridgehead atoms. The van der Waals surface area contributed by atoms with E-state index in [9.17, 15) is 4.79 Å². The molecule has 0 spiro atoms. The Balaban J connectivity index is 2.10. The Morgan fingerprint density at radius 3 is 3.00 bits per heavy atom. The topological polar surface area (TPSA) is 49.3 Å². The van der Waals surface area contributed by atoms with Gasteiger partial charge in [-0.25, -0.2) is 0 Å². The zero-order chi connectivity index (χ0) is 11.1. The first-order valence-corrected chi connectivity index (χ1v) is 5.81. The Morgan fingerprint density at radius 1 is 1.60 bits per heavy atom. The summed E-state index contributed by atoms with van der Waals surface area (Å²) in [5.41, 5.74) is 0. The van der Waals surface area contributed by atoms with Gasteiger partial charge >= 0.3 is 0 Å². The van der Waals surface area contributed by atoms with Gasteiger partial charge in [-0.3, -0.25) is 4.79 Å². The molecule has 0 aromatic heterocycles. The molecule has 15 heavy (non-hydrogen) atoms. The largest absolute Gasteiger partial charge is 0.393 e. The van der Waals surface area contributed by atoms with E-state index in [1.165, 1.54) is 0 Å². The van der Waals surface area contributed by atoms with Crippen molar-refractivity contribution in [2.24, 2.45) is 5.92 Å². The lowest BCUT2D eigenvalue weighted by Crippen LogP contribution is -2.32. The predicted molar refractivity (Wildman–Crippen MR) is 60.4 cm³/mol. The highest BCUT2D eigenvalue weighted by atomic mass is 16.3. The standard InChI is InChI=1S/C12H21NO2/c1-10(14)6-5-9-13-12(15)11-7-3-2-4-8-11/h2-3,10-11,14H,4-9H2,1H3,(H,13,15). The van der Waals surface area contributed by atoms with Crippen LogP contribution in [0.1, 0.15) is 39.0 Å². The number of hydrogen-bond donors (Lipinski definition) is 2. The fourth-order valence-corrected chi connectivity index (χ4v) is 1.79. The number of rotatable bonds is 5. The van der Waals surface area contributed by atoms with Gasteiger partial charge in [0.25, 0.3) is 0 Å². The summed E-state index contributed by atoms with van der Waals surface area (Å²) in [5, 5.41) is 12.0. The first-order chi connectivity index (χ1) is 7.20. The Kier molecular flexibility index (Phi) is 5.40. The van der Waals surface area contributed by atoms with E-state index in [2.05, 4.69) is 17.5 Å². The van der Waals surface area contributed by atoms with E-state index >= 15 is 0 Å². The van der Waals surface area contributed by atoms with E-state index in [-0.39, 0.29) is 17.9 Å². The van der Waals surface area contributed by atoms with Gasteiger partial charge in [-0.1, -0.05) is 12.2 Å². The van der Waals surface area contributed by atoms with Crippen molar-refractivity contribution < 1.29 is 9.90 Å². The summed E-state index contributed by atoms with van der Waals surface area (Å²) in [7, 11) is 0. The number of aliphatic hydroxyl groups is 1. The van der Waals surface area contributed by atoms with Crippen LogP contribution >= 0.6 is 0 Å². The number of carbonyl (C=O) groups is 1. The summed E-state index contributed by atoms with van der Waals surface area (Å²) in [6, 6.07) is 0. The lowest BCUT2D eigenvalue weighted by atomic mass is 9.94. The minimum atomic E-state index is -0.264. The third kappa shape index (κ3) is 4.98. The zero-order valence-electron chi connectivity index (χ0n) is 9.41. The molecule has 2 N–H and O–H groups in total. The van der Waals surface area contributed by atoms with Crippen molar-refractivity contribution in [3.05, 3.63) is 12.2 Å². The van der Waals surface area contributed by atoms with Gasteiger partial charge < -0.3 is 10.4 Å². The Bertz CT molecular complexity index is 224. The van der Waals surface area contributed by atoms with Crippen molar-refractivity contribution in [1.29, 1.82) is 0 Å². The monoisotopic (exact) mass is 211 g/mol. The van der Waals surface area contributed by atoms with Crippen LogP contribution in [0, 0.1) is 5.92 Å². The molecule has 1 amide bonds. The van der Waals surface area contributed by atoms with Gasteiger partial charge in [0.15, 0.2) is 0 Å². The van der Waals surface area contributed by atoms with Crippen molar-refractivity contribution in [2.45, 2.75) is 45.1 Å². The molecule has 1 aliphatic rings. The molecule has 2 unspecified atom stereocenters. The molecule has 86 valence electrons. The summed E-state index contributed by atoms with van der Waals surface area (Å²) in [5.74, 6) is 0.339. The molecule has 2 atom stereocenters. The van der Waals surface area contributed by atoms with Crippen molar-refractivity contribution in [1.82, 2.24) is 5.32 Å². The molecule has 1 rings (SSSR count). The quantitative estimate of drug-likeness (QED) is 0.536. The molecule has 0 aliphatic heterocycles. The average molecular weight is 211 g/mol. The van der Waals surface area contributed by atoms with E-state index in [4.69, 9.17) is 5.11 Å². The van der Waals surface area contributed by atoms with Crippen LogP contribution in [0.15, 0.2) is 12.2 Å². The van der Waals surface area contributed by atoms with E-state index in [0.29, 0.717) is 6.54 Å². The highest BCUT2D eigenvalue weighted by Gasteiger charge is 2.17. The van der Waals surface area contributed by atoms with Crippen LogP contribution < -0.4 is 5.32 Å². The highest BCUT2D eigenvalue weighted by molar-refractivity contribution is 5.78. The normalized spacial score (nSPS) is 22.4. The minimum absolute atomic E-state index is 0.168. The maximum Gasteiger partial charge on any atom is 0.223 e. The molecule has 0 aromatic rings. The number of allylic oxidation sites excluding steroid dienone is 2. The van der Waals surface area contributed by atoms with Gasteiger partial charge in [-0.05, 0) is 39.0 Å². The van der Waals surface area contributed by atoms with Gasteiger partial charge in [0.2, 0.25) is 5.91 Å². The van der Waals surface area contributed by atoms with Crippen LogP contribution in [0.2, 0.25) is 0 Å². The fourth-order valence-electron chi connectivity index (χ4n) is 1.79. The second-order valence-electron chi connectivity index (χ2n) is 4.26. The molecule has 0 saturated heterocycles. The molecular weight excluding hydrogens is 190 g/mol. The first-order valence-electron chi connectivity index (χ1n) is 5.81. The molecule has 0 fully saturated rings. The SMILES string of the molecule is CC(O)CCCNC(=O)C1CC=CCC1. The molecule has 0 radical (unpaired) electrons. The number of carbonyl (C=O) groups excluding carboxylic acids is 1. The van der Waals surface area contributed by atoms with Crippen LogP contribution in [-0.2, 0) is 4.79 Å². The van der Waals surface area contributed by atoms with Gasteiger partial charge in [0, 0.05) is 12.5 Å². The van der Waals surface area contributed by atoms with Gasteiger partial charge in [0.05, 0.1) is 6.10 Å². The first kappa shape index (κ1) is 12.2. The number of amides is 1. The van der Waals surface area contributed by atoms with Crippen LogP contribution in [0.3, 0.4) is 0 Å². The molecule has 0 saturated carbocycles. The van der Waals surface area contributed by atoms with Crippen molar-refractivity contribution in [3.63, 3.8) is 0 Å². The summed E-state index contributed by atoms with van der Waals surface area (Å²) >= 11 is 0. The number of nitrogens with one attached hydrogen (secondary N) is 1. The molecule has 0 heterocycles.